The molecule has 1 aliphatic carbocycles. The van der Waals surface area contributed by atoms with Crippen LogP contribution in [0.5, 0.6) is 0 Å². The Kier molecular flexibility index (Phi) is 6.54. The van der Waals surface area contributed by atoms with Gasteiger partial charge in [-0.05, 0) is 19.3 Å². The maximum Gasteiger partial charge on any atom is 0.436 e. The second kappa shape index (κ2) is 8.23. The third-order valence-electron chi connectivity index (χ3n) is 4.07. The van der Waals surface area contributed by atoms with Crippen molar-refractivity contribution in [2.45, 2.75) is 70.5 Å². The molecule has 0 unspecified atom stereocenters. The summed E-state index contributed by atoms with van der Waals surface area (Å²) >= 11 is 5.89. The van der Waals surface area contributed by atoms with Gasteiger partial charge in [0, 0.05) is 18.9 Å². The van der Waals surface area contributed by atoms with Gasteiger partial charge in [0.2, 0.25) is 5.91 Å². The van der Waals surface area contributed by atoms with Crippen LogP contribution in [0.2, 0.25) is 5.02 Å². The Morgan fingerprint density at radius 1 is 1.33 bits per heavy atom. The number of hydrogen-bond acceptors (Lipinski definition) is 2. The average molecular weight is 366 g/mol. The molecular formula is C16H23ClF3N3O. The number of amides is 1. The van der Waals surface area contributed by atoms with Gasteiger partial charge in [-0.25, -0.2) is 0 Å². The molecule has 0 aliphatic heterocycles. The molecule has 1 saturated carbocycles. The summed E-state index contributed by atoms with van der Waals surface area (Å²) in [7, 11) is 0. The maximum atomic E-state index is 13.0. The molecule has 0 saturated heterocycles. The first-order valence-corrected chi connectivity index (χ1v) is 8.82. The van der Waals surface area contributed by atoms with Crippen molar-refractivity contribution < 1.29 is 18.0 Å². The molecule has 24 heavy (non-hydrogen) atoms. The van der Waals surface area contributed by atoms with Crippen LogP contribution in [0.25, 0.3) is 0 Å². The molecular weight excluding hydrogens is 343 g/mol. The maximum absolute atomic E-state index is 13.0. The van der Waals surface area contributed by atoms with Crippen molar-refractivity contribution in [3.8, 4) is 0 Å². The molecule has 0 bridgehead atoms. The summed E-state index contributed by atoms with van der Waals surface area (Å²) in [5.41, 5.74) is -0.634. The minimum atomic E-state index is -4.58. The first-order valence-electron chi connectivity index (χ1n) is 8.44. The van der Waals surface area contributed by atoms with E-state index < -0.39 is 11.9 Å². The summed E-state index contributed by atoms with van der Waals surface area (Å²) in [4.78, 5) is 11.8. The Hall–Kier alpha value is -1.24. The number of hydrogen-bond donors (Lipinski definition) is 1. The van der Waals surface area contributed by atoms with Gasteiger partial charge in [-0.15, -0.1) is 0 Å². The van der Waals surface area contributed by atoms with E-state index in [1.165, 1.54) is 4.68 Å². The standard InChI is InChI=1S/C16H23ClF3N3O/c1-2-3-4-5-9-21-12(24)8-10-23-14(11-6-7-11)13(17)15(22-23)16(18,19)20/h11H,2-10H2,1H3,(H,21,24). The highest BCUT2D eigenvalue weighted by Gasteiger charge is 2.41. The first kappa shape index (κ1) is 19.1. The molecule has 0 atom stereocenters. The Bertz CT molecular complexity index is 568. The molecule has 8 heteroatoms. The van der Waals surface area contributed by atoms with Crippen molar-refractivity contribution in [1.82, 2.24) is 15.1 Å². The summed E-state index contributed by atoms with van der Waals surface area (Å²) < 4.78 is 40.1. The second-order valence-corrected chi connectivity index (χ2v) is 6.58. The van der Waals surface area contributed by atoms with Gasteiger partial charge in [-0.1, -0.05) is 37.8 Å². The highest BCUT2D eigenvalue weighted by molar-refractivity contribution is 6.32. The van der Waals surface area contributed by atoms with E-state index in [9.17, 15) is 18.0 Å². The molecule has 4 nitrogen and oxygen atoms in total. The van der Waals surface area contributed by atoms with E-state index in [0.717, 1.165) is 38.5 Å². The monoisotopic (exact) mass is 365 g/mol. The molecule has 1 aromatic rings. The van der Waals surface area contributed by atoms with E-state index in [-0.39, 0.29) is 29.8 Å². The zero-order valence-corrected chi connectivity index (χ0v) is 14.5. The van der Waals surface area contributed by atoms with Gasteiger partial charge in [-0.2, -0.15) is 18.3 Å². The Labute approximate surface area is 144 Å². The van der Waals surface area contributed by atoms with E-state index in [1.54, 1.807) is 0 Å². The second-order valence-electron chi connectivity index (χ2n) is 6.20. The summed E-state index contributed by atoms with van der Waals surface area (Å²) in [6.45, 7) is 2.82. The summed E-state index contributed by atoms with van der Waals surface area (Å²) in [5, 5.41) is 6.09. The lowest BCUT2D eigenvalue weighted by Crippen LogP contribution is -2.26. The summed E-state index contributed by atoms with van der Waals surface area (Å²) in [5.74, 6) is -0.147. The largest absolute Gasteiger partial charge is 0.436 e. The van der Waals surface area contributed by atoms with Gasteiger partial charge in [0.05, 0.1) is 17.3 Å². The number of carbonyl (C=O) groups is 1. The number of aromatic nitrogens is 2. The fraction of sp³-hybridized carbons (Fsp3) is 0.750. The fourth-order valence-electron chi connectivity index (χ4n) is 2.63. The molecule has 0 radical (unpaired) electrons. The van der Waals surface area contributed by atoms with Crippen LogP contribution in [0.1, 0.15) is 69.2 Å². The van der Waals surface area contributed by atoms with Gasteiger partial charge >= 0.3 is 6.18 Å². The zero-order chi connectivity index (χ0) is 17.7. The smallest absolute Gasteiger partial charge is 0.356 e. The van der Waals surface area contributed by atoms with Crippen LogP contribution in [0.3, 0.4) is 0 Å². The first-order chi connectivity index (χ1) is 11.3. The number of carbonyl (C=O) groups excluding carboxylic acids is 1. The summed E-state index contributed by atoms with van der Waals surface area (Å²) in [6.07, 6.45) is 1.38. The van der Waals surface area contributed by atoms with Crippen LogP contribution in [0, 0.1) is 0 Å². The topological polar surface area (TPSA) is 46.9 Å². The quantitative estimate of drug-likeness (QED) is 0.654. The summed E-state index contributed by atoms with van der Waals surface area (Å²) in [6, 6.07) is 0. The van der Waals surface area contributed by atoms with Gasteiger partial charge in [0.25, 0.3) is 0 Å². The number of nitrogens with zero attached hydrogens (tertiary/aromatic N) is 2. The van der Waals surface area contributed by atoms with Gasteiger partial charge in [0.1, 0.15) is 0 Å². The molecule has 1 heterocycles. The van der Waals surface area contributed by atoms with Crippen LogP contribution in [0.15, 0.2) is 0 Å². The normalized spacial score (nSPS) is 14.9. The van der Waals surface area contributed by atoms with Crippen LogP contribution in [-0.4, -0.2) is 22.2 Å². The molecule has 1 fully saturated rings. The van der Waals surface area contributed by atoms with E-state index in [1.807, 2.05) is 0 Å². The van der Waals surface area contributed by atoms with Crippen molar-refractivity contribution in [3.05, 3.63) is 16.4 Å². The number of unbranched alkanes of at least 4 members (excludes halogenated alkanes) is 3. The van der Waals surface area contributed by atoms with Crippen LogP contribution in [-0.2, 0) is 17.5 Å². The lowest BCUT2D eigenvalue weighted by molar-refractivity contribution is -0.141. The minimum Gasteiger partial charge on any atom is -0.356 e. The van der Waals surface area contributed by atoms with Crippen molar-refractivity contribution in [2.24, 2.45) is 0 Å². The third kappa shape index (κ3) is 5.13. The van der Waals surface area contributed by atoms with E-state index in [4.69, 9.17) is 11.6 Å². The molecule has 1 amide bonds. The van der Waals surface area contributed by atoms with Crippen molar-refractivity contribution >= 4 is 17.5 Å². The Balaban J connectivity index is 1.91. The molecule has 0 spiro atoms. The fourth-order valence-corrected chi connectivity index (χ4v) is 3.02. The number of rotatable bonds is 9. The average Bonchev–Trinajstić information content (AvgIpc) is 3.27. The Morgan fingerprint density at radius 3 is 2.62 bits per heavy atom. The SMILES string of the molecule is CCCCCCNC(=O)CCn1nc(C(F)(F)F)c(Cl)c1C1CC1. The van der Waals surface area contributed by atoms with E-state index in [0.29, 0.717) is 12.2 Å². The number of alkyl halides is 3. The van der Waals surface area contributed by atoms with Gasteiger partial charge in [-0.3, -0.25) is 9.48 Å². The Morgan fingerprint density at radius 2 is 2.04 bits per heavy atom. The molecule has 1 aromatic heterocycles. The van der Waals surface area contributed by atoms with Crippen molar-refractivity contribution in [2.75, 3.05) is 6.54 Å². The molecule has 2 rings (SSSR count). The molecule has 1 aliphatic rings. The molecule has 0 aromatic carbocycles. The van der Waals surface area contributed by atoms with Gasteiger partial charge < -0.3 is 5.32 Å². The van der Waals surface area contributed by atoms with Crippen molar-refractivity contribution in [3.63, 3.8) is 0 Å². The molecule has 136 valence electrons. The minimum absolute atomic E-state index is 0.0261. The van der Waals surface area contributed by atoms with Crippen LogP contribution < -0.4 is 5.32 Å². The lowest BCUT2D eigenvalue weighted by Gasteiger charge is -2.08. The lowest BCUT2D eigenvalue weighted by atomic mass is 10.2. The van der Waals surface area contributed by atoms with Crippen molar-refractivity contribution in [1.29, 1.82) is 0 Å². The van der Waals surface area contributed by atoms with E-state index in [2.05, 4.69) is 17.3 Å². The number of aryl methyl sites for hydroxylation is 1. The predicted molar refractivity (Wildman–Crippen MR) is 86.0 cm³/mol. The third-order valence-corrected chi connectivity index (χ3v) is 4.44. The predicted octanol–water partition coefficient (Wildman–Crippen LogP) is 4.52. The highest BCUT2D eigenvalue weighted by Crippen LogP contribution is 2.46. The number of halogens is 4. The van der Waals surface area contributed by atoms with Crippen LogP contribution in [0.4, 0.5) is 13.2 Å². The highest BCUT2D eigenvalue weighted by atomic mass is 35.5. The molecule has 1 N–H and O–H groups in total. The van der Waals surface area contributed by atoms with Gasteiger partial charge in [0.15, 0.2) is 5.69 Å². The van der Waals surface area contributed by atoms with Crippen LogP contribution >= 0.6 is 11.6 Å². The van der Waals surface area contributed by atoms with E-state index >= 15 is 0 Å². The zero-order valence-electron chi connectivity index (χ0n) is 13.8. The number of nitrogens with one attached hydrogen (secondary N) is 1.